The van der Waals surface area contributed by atoms with Gasteiger partial charge in [0.25, 0.3) is 0 Å². The summed E-state index contributed by atoms with van der Waals surface area (Å²) >= 11 is 0. The van der Waals surface area contributed by atoms with Crippen LogP contribution in [0.4, 0.5) is 0 Å². The second-order valence-corrected chi connectivity index (χ2v) is 23.9. The van der Waals surface area contributed by atoms with Gasteiger partial charge in [0.1, 0.15) is 30.1 Å². The summed E-state index contributed by atoms with van der Waals surface area (Å²) in [5.74, 6) is 9.61. The smallest absolute Gasteiger partial charge is 0.168 e. The van der Waals surface area contributed by atoms with Gasteiger partial charge in [-0.2, -0.15) is 0 Å². The molecule has 8 bridgehead atoms. The standard InChI is InChI=1S/C69H75N3O8/c1-77-43-70-65-37-49-19-17-44(15-16-45-18-24-61(74)51(31-45)32-46-10-7-12-55(73)33-46)9-8-13-56-38-63(76)50-20-23-57-48(34-50)21-25-62(75)66(57)79-41-53-36-54(35-52-39-72(40-58(52)53)67(71-65)59(49)42-78-56)69-29-30-80-68(27-5-2-6-28-68)64(69)26-22-47-11-3-4-14-60(47)69/h3-4,7,10-12,14,18,20-21,23-25,31,33,35-37,39-40,44,50,56,63-65,70-71,73-76H,2,5-6,8-9,13,15-16,22,26-30,32,34,38,41-43H2,1H3. The minimum absolute atomic E-state index is 0.0547. The highest BCUT2D eigenvalue weighted by molar-refractivity contribution is 5.89. The number of benzene rings is 5. The minimum atomic E-state index is -0.675. The number of aryl methyl sites for hydroxylation is 2. The van der Waals surface area contributed by atoms with Crippen molar-refractivity contribution in [3.05, 3.63) is 177 Å². The van der Waals surface area contributed by atoms with Crippen molar-refractivity contribution in [2.75, 3.05) is 27.1 Å². The van der Waals surface area contributed by atoms with Crippen LogP contribution >= 0.6 is 0 Å². The number of ether oxygens (including phenoxy) is 4. The molecule has 1 saturated carbocycles. The molecule has 2 fully saturated rings. The molecule has 5 aromatic carbocycles. The molecule has 7 atom stereocenters. The molecule has 3 aliphatic carbocycles. The normalized spacial score (nSPS) is 26.0. The van der Waals surface area contributed by atoms with E-state index in [9.17, 15) is 20.4 Å². The monoisotopic (exact) mass is 1070 g/mol. The van der Waals surface area contributed by atoms with E-state index in [1.54, 1.807) is 31.4 Å². The van der Waals surface area contributed by atoms with Crippen LogP contribution in [-0.4, -0.2) is 76.0 Å². The Hall–Kier alpha value is -6.78. The molecule has 0 amide bonds. The molecule has 11 nitrogen and oxygen atoms in total. The molecule has 6 heterocycles. The van der Waals surface area contributed by atoms with Gasteiger partial charge in [0.05, 0.1) is 31.1 Å². The summed E-state index contributed by atoms with van der Waals surface area (Å²) in [6, 6.07) is 30.9. The van der Waals surface area contributed by atoms with Crippen molar-refractivity contribution >= 4 is 22.7 Å². The number of methoxy groups -OCH3 is 1. The van der Waals surface area contributed by atoms with E-state index < -0.39 is 6.10 Å². The summed E-state index contributed by atoms with van der Waals surface area (Å²) in [5, 5.41) is 54.5. The van der Waals surface area contributed by atoms with Gasteiger partial charge in [-0.05, 0) is 152 Å². The van der Waals surface area contributed by atoms with Crippen molar-refractivity contribution in [3.63, 3.8) is 0 Å². The predicted molar refractivity (Wildman–Crippen MR) is 312 cm³/mol. The molecule has 8 aliphatic rings. The molecule has 1 aromatic heterocycles. The lowest BCUT2D eigenvalue weighted by molar-refractivity contribution is -0.166. The first-order valence-electron chi connectivity index (χ1n) is 29.5. The third-order valence-electron chi connectivity index (χ3n) is 19.1. The third-order valence-corrected chi connectivity index (χ3v) is 19.1. The Bertz CT molecular complexity index is 3460. The maximum absolute atomic E-state index is 12.2. The molecule has 6 aromatic rings. The summed E-state index contributed by atoms with van der Waals surface area (Å²) in [6.07, 6.45) is 24.0. The lowest BCUT2D eigenvalue weighted by Crippen LogP contribution is -2.59. The van der Waals surface area contributed by atoms with Crippen LogP contribution in [0, 0.1) is 29.6 Å². The quantitative estimate of drug-likeness (QED) is 0.0611. The van der Waals surface area contributed by atoms with Crippen LogP contribution in [0.15, 0.2) is 127 Å². The number of hydrogen-bond acceptors (Lipinski definition) is 10. The first kappa shape index (κ1) is 52.6. The number of rotatable bonds is 9. The van der Waals surface area contributed by atoms with E-state index in [-0.39, 0.29) is 65.6 Å². The predicted octanol–water partition coefficient (Wildman–Crippen LogP) is 11.9. The number of dihydropyridines is 1. The zero-order valence-corrected chi connectivity index (χ0v) is 46.0. The Labute approximate surface area is 470 Å². The zero-order chi connectivity index (χ0) is 54.4. The Kier molecular flexibility index (Phi) is 14.6. The number of aromatic hydroxyl groups is 3. The maximum atomic E-state index is 12.2. The maximum Gasteiger partial charge on any atom is 0.168 e. The molecule has 0 radical (unpaired) electrons. The average Bonchev–Trinajstić information content (AvgIpc) is 2.87. The van der Waals surface area contributed by atoms with Gasteiger partial charge in [-0.25, -0.2) is 0 Å². The van der Waals surface area contributed by atoms with Gasteiger partial charge in [0.2, 0.25) is 0 Å². The number of aliphatic hydroxyl groups is 1. The topological polar surface area (TPSA) is 147 Å². The highest BCUT2D eigenvalue weighted by Gasteiger charge is 2.58. The van der Waals surface area contributed by atoms with E-state index in [2.05, 4.69) is 94.1 Å². The highest BCUT2D eigenvalue weighted by Crippen LogP contribution is 2.60. The zero-order valence-electron chi connectivity index (χ0n) is 46.0. The minimum Gasteiger partial charge on any atom is -0.508 e. The molecule has 1 spiro atoms. The van der Waals surface area contributed by atoms with E-state index in [1.165, 1.54) is 36.0 Å². The SMILES string of the molecule is COCNC1C=C2C#CC(CCc3ccc(O)c(Cc4cccc(O)c4)c3)CCCC3CC(O)C4C=Cc5c(ccc(O)c5OCc5cc(C67CCOC8(CCCCC8)C6CCc6ccccc67)cc6cn(cc56)C(=C2CO3)N1)C4. The molecular formula is C69H75N3O8. The van der Waals surface area contributed by atoms with Gasteiger partial charge in [-0.15, -0.1) is 0 Å². The second kappa shape index (κ2) is 22.3. The van der Waals surface area contributed by atoms with Crippen LogP contribution < -0.4 is 15.4 Å². The Morgan fingerprint density at radius 1 is 0.838 bits per heavy atom. The summed E-state index contributed by atoms with van der Waals surface area (Å²) < 4.78 is 29.0. The fourth-order valence-electron chi connectivity index (χ4n) is 15.1. The number of nitrogens with one attached hydrogen (secondary N) is 2. The van der Waals surface area contributed by atoms with Crippen LogP contribution in [0.2, 0.25) is 0 Å². The van der Waals surface area contributed by atoms with Crippen molar-refractivity contribution in [2.45, 2.75) is 139 Å². The van der Waals surface area contributed by atoms with Gasteiger partial charge in [-0.1, -0.05) is 104 Å². The summed E-state index contributed by atoms with van der Waals surface area (Å²) in [4.78, 5) is 0. The van der Waals surface area contributed by atoms with Gasteiger partial charge in [0.15, 0.2) is 11.5 Å². The molecule has 7 unspecified atom stereocenters. The van der Waals surface area contributed by atoms with Crippen molar-refractivity contribution < 1.29 is 39.4 Å². The molecule has 14 rings (SSSR count). The molecule has 80 heavy (non-hydrogen) atoms. The average molecular weight is 1070 g/mol. The molecule has 414 valence electrons. The number of aromatic nitrogens is 1. The number of fused-ring (bicyclic) bond motifs is 6. The van der Waals surface area contributed by atoms with Crippen molar-refractivity contribution in [1.29, 1.82) is 0 Å². The van der Waals surface area contributed by atoms with Gasteiger partial charge in [0, 0.05) is 89.6 Å². The van der Waals surface area contributed by atoms with E-state index >= 15 is 0 Å². The van der Waals surface area contributed by atoms with Gasteiger partial charge in [-0.3, -0.25) is 5.32 Å². The fraction of sp³-hybridized carbons (Fsp3) is 0.420. The van der Waals surface area contributed by atoms with Gasteiger partial charge < -0.3 is 49.3 Å². The summed E-state index contributed by atoms with van der Waals surface area (Å²) in [7, 11) is 1.69. The first-order valence-corrected chi connectivity index (χ1v) is 29.5. The van der Waals surface area contributed by atoms with Crippen LogP contribution in [0.5, 0.6) is 23.0 Å². The lowest BCUT2D eigenvalue weighted by atomic mass is 9.51. The molecule has 6 N–H and O–H groups in total. The number of phenolic OH excluding ortho intramolecular Hbond substituents is 3. The number of nitrogens with zero attached hydrogens (tertiary/aromatic N) is 1. The second-order valence-electron chi connectivity index (χ2n) is 23.9. The summed E-state index contributed by atoms with van der Waals surface area (Å²) in [6.45, 7) is 1.53. The Morgan fingerprint density at radius 2 is 1.73 bits per heavy atom. The third kappa shape index (κ3) is 10.1. The van der Waals surface area contributed by atoms with E-state index in [4.69, 9.17) is 18.9 Å². The molecule has 11 heteroatoms. The Morgan fingerprint density at radius 3 is 2.61 bits per heavy atom. The van der Waals surface area contributed by atoms with E-state index in [1.807, 2.05) is 30.3 Å². The largest absolute Gasteiger partial charge is 0.508 e. The summed E-state index contributed by atoms with van der Waals surface area (Å²) in [5.41, 5.74) is 11.3. The molecular weight excluding hydrogens is 999 g/mol. The van der Waals surface area contributed by atoms with Crippen LogP contribution in [0.25, 0.3) is 22.7 Å². The van der Waals surface area contributed by atoms with Crippen LogP contribution in [-0.2, 0) is 51.9 Å². The van der Waals surface area contributed by atoms with Crippen LogP contribution in [0.1, 0.15) is 127 Å². The number of hydrogen-bond donors (Lipinski definition) is 6. The number of aliphatic hydroxyl groups excluding tert-OH is 1. The highest BCUT2D eigenvalue weighted by atomic mass is 16.5. The molecule has 5 aliphatic heterocycles. The lowest BCUT2D eigenvalue weighted by Gasteiger charge is -2.59. The van der Waals surface area contributed by atoms with E-state index in [0.29, 0.717) is 44.3 Å². The van der Waals surface area contributed by atoms with E-state index in [0.717, 1.165) is 125 Å². The first-order chi connectivity index (χ1) is 39.1. The van der Waals surface area contributed by atoms with Crippen molar-refractivity contribution in [2.24, 2.45) is 17.8 Å². The van der Waals surface area contributed by atoms with Gasteiger partial charge >= 0.3 is 0 Å². The fourth-order valence-corrected chi connectivity index (χ4v) is 15.1. The van der Waals surface area contributed by atoms with Crippen molar-refractivity contribution in [3.8, 4) is 34.8 Å². The number of phenols is 3. The molecule has 1 saturated heterocycles. The van der Waals surface area contributed by atoms with Crippen LogP contribution in [0.3, 0.4) is 0 Å². The Balaban J connectivity index is 0.943. The van der Waals surface area contributed by atoms with Crippen molar-refractivity contribution in [1.82, 2.24) is 15.2 Å².